The number of carboxylic acids is 1. The van der Waals surface area contributed by atoms with E-state index in [1.165, 1.54) is 4.90 Å². The van der Waals surface area contributed by atoms with Crippen molar-refractivity contribution in [3.05, 3.63) is 0 Å². The molecule has 1 aliphatic rings. The van der Waals surface area contributed by atoms with Crippen molar-refractivity contribution in [1.29, 1.82) is 0 Å². The van der Waals surface area contributed by atoms with Crippen molar-refractivity contribution in [2.75, 3.05) is 13.1 Å². The van der Waals surface area contributed by atoms with Crippen molar-refractivity contribution in [1.82, 2.24) is 10.2 Å². The molecule has 0 radical (unpaired) electrons. The third-order valence-electron chi connectivity index (χ3n) is 3.50. The number of carboxylic acid groups (broad SMARTS) is 1. The van der Waals surface area contributed by atoms with Crippen LogP contribution in [0.4, 0.5) is 0 Å². The van der Waals surface area contributed by atoms with Gasteiger partial charge in [0, 0.05) is 25.0 Å². The highest BCUT2D eigenvalue weighted by atomic mass is 16.4. The molecular formula is C12H22N2O3. The Morgan fingerprint density at radius 2 is 2.00 bits per heavy atom. The SMILES string of the molecule is CCC(CC)C(=O)N1CCNC(C)C1C(=O)O. The Labute approximate surface area is 102 Å². The van der Waals surface area contributed by atoms with Crippen LogP contribution in [0.1, 0.15) is 33.6 Å². The van der Waals surface area contributed by atoms with Crippen LogP contribution >= 0.6 is 0 Å². The molecule has 1 rings (SSSR count). The van der Waals surface area contributed by atoms with Crippen LogP contribution in [0, 0.1) is 5.92 Å². The number of aliphatic carboxylic acids is 1. The second-order valence-electron chi connectivity index (χ2n) is 4.57. The number of carbonyl (C=O) groups excluding carboxylic acids is 1. The Morgan fingerprint density at radius 1 is 1.41 bits per heavy atom. The molecule has 0 spiro atoms. The van der Waals surface area contributed by atoms with Crippen molar-refractivity contribution in [2.24, 2.45) is 5.92 Å². The molecule has 1 fully saturated rings. The Bertz CT molecular complexity index is 289. The lowest BCUT2D eigenvalue weighted by molar-refractivity contribution is -0.155. The number of amides is 1. The lowest BCUT2D eigenvalue weighted by Gasteiger charge is -2.39. The van der Waals surface area contributed by atoms with E-state index in [1.807, 2.05) is 20.8 Å². The molecule has 1 aliphatic heterocycles. The number of rotatable bonds is 4. The molecule has 2 N–H and O–H groups in total. The van der Waals surface area contributed by atoms with Crippen LogP contribution in [-0.4, -0.2) is 47.1 Å². The minimum absolute atomic E-state index is 0.0178. The van der Waals surface area contributed by atoms with Gasteiger partial charge in [-0.15, -0.1) is 0 Å². The number of nitrogens with one attached hydrogen (secondary N) is 1. The minimum atomic E-state index is -0.927. The van der Waals surface area contributed by atoms with Gasteiger partial charge in [0.15, 0.2) is 0 Å². The summed E-state index contributed by atoms with van der Waals surface area (Å²) in [5.74, 6) is -0.998. The average molecular weight is 242 g/mol. The highest BCUT2D eigenvalue weighted by Crippen LogP contribution is 2.18. The van der Waals surface area contributed by atoms with E-state index in [-0.39, 0.29) is 17.9 Å². The molecule has 17 heavy (non-hydrogen) atoms. The summed E-state index contributed by atoms with van der Waals surface area (Å²) in [6.45, 7) is 6.89. The monoisotopic (exact) mass is 242 g/mol. The summed E-state index contributed by atoms with van der Waals surface area (Å²) in [6.07, 6.45) is 1.53. The van der Waals surface area contributed by atoms with Gasteiger partial charge in [0.25, 0.3) is 0 Å². The van der Waals surface area contributed by atoms with Gasteiger partial charge in [-0.2, -0.15) is 0 Å². The molecule has 0 aromatic heterocycles. The first-order chi connectivity index (χ1) is 8.02. The maximum absolute atomic E-state index is 12.3. The second-order valence-corrected chi connectivity index (χ2v) is 4.57. The van der Waals surface area contributed by atoms with Gasteiger partial charge in [0.05, 0.1) is 0 Å². The molecule has 0 aliphatic carbocycles. The number of carbonyl (C=O) groups is 2. The lowest BCUT2D eigenvalue weighted by atomic mass is 9.98. The van der Waals surface area contributed by atoms with Crippen LogP contribution in [0.2, 0.25) is 0 Å². The van der Waals surface area contributed by atoms with Crippen molar-refractivity contribution in [3.8, 4) is 0 Å². The Hall–Kier alpha value is -1.10. The largest absolute Gasteiger partial charge is 0.480 e. The fourth-order valence-corrected chi connectivity index (χ4v) is 2.40. The predicted octanol–water partition coefficient (Wildman–Crippen LogP) is 0.696. The molecule has 5 nitrogen and oxygen atoms in total. The van der Waals surface area contributed by atoms with Gasteiger partial charge in [-0.1, -0.05) is 13.8 Å². The van der Waals surface area contributed by atoms with Gasteiger partial charge in [-0.3, -0.25) is 4.79 Å². The van der Waals surface area contributed by atoms with Gasteiger partial charge in [0.1, 0.15) is 6.04 Å². The minimum Gasteiger partial charge on any atom is -0.480 e. The van der Waals surface area contributed by atoms with E-state index < -0.39 is 12.0 Å². The fraction of sp³-hybridized carbons (Fsp3) is 0.833. The molecule has 1 saturated heterocycles. The van der Waals surface area contributed by atoms with Crippen molar-refractivity contribution in [2.45, 2.75) is 45.7 Å². The third kappa shape index (κ3) is 2.97. The van der Waals surface area contributed by atoms with Crippen molar-refractivity contribution < 1.29 is 14.7 Å². The summed E-state index contributed by atoms with van der Waals surface area (Å²) in [6, 6.07) is -0.934. The van der Waals surface area contributed by atoms with Crippen LogP contribution in [-0.2, 0) is 9.59 Å². The Morgan fingerprint density at radius 3 is 2.47 bits per heavy atom. The molecule has 98 valence electrons. The smallest absolute Gasteiger partial charge is 0.328 e. The van der Waals surface area contributed by atoms with E-state index >= 15 is 0 Å². The van der Waals surface area contributed by atoms with E-state index in [1.54, 1.807) is 0 Å². The molecule has 2 unspecified atom stereocenters. The normalized spacial score (nSPS) is 25.1. The highest BCUT2D eigenvalue weighted by Gasteiger charge is 2.38. The summed E-state index contributed by atoms with van der Waals surface area (Å²) >= 11 is 0. The highest BCUT2D eigenvalue weighted by molar-refractivity contribution is 5.85. The molecule has 1 amide bonds. The van der Waals surface area contributed by atoms with Crippen LogP contribution < -0.4 is 5.32 Å². The number of nitrogens with zero attached hydrogens (tertiary/aromatic N) is 1. The van der Waals surface area contributed by atoms with E-state index in [0.717, 1.165) is 12.8 Å². The quantitative estimate of drug-likeness (QED) is 0.761. The molecule has 0 aromatic carbocycles. The number of piperazine rings is 1. The van der Waals surface area contributed by atoms with E-state index in [0.29, 0.717) is 13.1 Å². The number of hydrogen-bond donors (Lipinski definition) is 2. The van der Waals surface area contributed by atoms with Gasteiger partial charge < -0.3 is 15.3 Å². The average Bonchev–Trinajstić information content (AvgIpc) is 2.29. The van der Waals surface area contributed by atoms with Crippen LogP contribution in [0.15, 0.2) is 0 Å². The zero-order valence-corrected chi connectivity index (χ0v) is 10.8. The standard InChI is InChI=1S/C12H22N2O3/c1-4-9(5-2)11(15)14-7-6-13-8(3)10(14)12(16)17/h8-10,13H,4-7H2,1-3H3,(H,16,17). The topological polar surface area (TPSA) is 69.6 Å². The second kappa shape index (κ2) is 6.00. The zero-order valence-electron chi connectivity index (χ0n) is 10.8. The van der Waals surface area contributed by atoms with Gasteiger partial charge in [-0.05, 0) is 19.8 Å². The fourth-order valence-electron chi connectivity index (χ4n) is 2.40. The maximum atomic E-state index is 12.3. The lowest BCUT2D eigenvalue weighted by Crippen LogP contribution is -2.62. The van der Waals surface area contributed by atoms with E-state index in [2.05, 4.69) is 5.32 Å². The summed E-state index contributed by atoms with van der Waals surface area (Å²) in [7, 11) is 0. The maximum Gasteiger partial charge on any atom is 0.328 e. The predicted molar refractivity (Wildman–Crippen MR) is 64.7 cm³/mol. The first-order valence-electron chi connectivity index (χ1n) is 6.29. The first-order valence-corrected chi connectivity index (χ1v) is 6.29. The third-order valence-corrected chi connectivity index (χ3v) is 3.50. The Kier molecular flexibility index (Phi) is 4.93. The van der Waals surface area contributed by atoms with Crippen LogP contribution in [0.3, 0.4) is 0 Å². The van der Waals surface area contributed by atoms with E-state index in [4.69, 9.17) is 0 Å². The van der Waals surface area contributed by atoms with Crippen molar-refractivity contribution in [3.63, 3.8) is 0 Å². The van der Waals surface area contributed by atoms with E-state index in [9.17, 15) is 14.7 Å². The van der Waals surface area contributed by atoms with Gasteiger partial charge in [0.2, 0.25) is 5.91 Å². The van der Waals surface area contributed by atoms with Crippen molar-refractivity contribution >= 4 is 11.9 Å². The first kappa shape index (κ1) is 14.0. The molecule has 5 heteroatoms. The summed E-state index contributed by atoms with van der Waals surface area (Å²) in [5, 5.41) is 12.3. The summed E-state index contributed by atoms with van der Waals surface area (Å²) in [5.41, 5.74) is 0. The molecular weight excluding hydrogens is 220 g/mol. The molecule has 0 aromatic rings. The zero-order chi connectivity index (χ0) is 13.0. The summed E-state index contributed by atoms with van der Waals surface area (Å²) in [4.78, 5) is 25.0. The Balaban J connectivity index is 2.85. The van der Waals surface area contributed by atoms with Gasteiger partial charge >= 0.3 is 5.97 Å². The molecule has 0 saturated carbocycles. The molecule has 1 heterocycles. The molecule has 2 atom stereocenters. The van der Waals surface area contributed by atoms with Crippen LogP contribution in [0.25, 0.3) is 0 Å². The number of hydrogen-bond acceptors (Lipinski definition) is 3. The van der Waals surface area contributed by atoms with Crippen LogP contribution in [0.5, 0.6) is 0 Å². The summed E-state index contributed by atoms with van der Waals surface area (Å²) < 4.78 is 0. The molecule has 0 bridgehead atoms. The van der Waals surface area contributed by atoms with Gasteiger partial charge in [-0.25, -0.2) is 4.79 Å².